The first-order chi connectivity index (χ1) is 8.81. The van der Waals surface area contributed by atoms with Crippen LogP contribution in [0.1, 0.15) is 0 Å². The van der Waals surface area contributed by atoms with Crippen molar-refractivity contribution in [3.8, 4) is 5.75 Å². The molecule has 1 aliphatic rings. The number of anilines is 2. The molecule has 1 aromatic rings. The van der Waals surface area contributed by atoms with Crippen LogP contribution in [0.5, 0.6) is 5.75 Å². The number of nitrogens with two attached hydrogens (primary N) is 1. The second-order valence-electron chi connectivity index (χ2n) is 4.02. The average Bonchev–Trinajstić information content (AvgIpc) is 2.40. The van der Waals surface area contributed by atoms with Crippen LogP contribution in [0, 0.1) is 0 Å². The van der Waals surface area contributed by atoms with Crippen molar-refractivity contribution in [2.24, 2.45) is 0 Å². The van der Waals surface area contributed by atoms with Gasteiger partial charge in [0.05, 0.1) is 20.3 Å². The summed E-state index contributed by atoms with van der Waals surface area (Å²) in [7, 11) is 1.56. The number of hydrogen-bond acceptors (Lipinski definition) is 7. The van der Waals surface area contributed by atoms with E-state index in [9.17, 15) is 0 Å². The summed E-state index contributed by atoms with van der Waals surface area (Å²) in [6.45, 7) is 5.30. The predicted molar refractivity (Wildman–Crippen MR) is 68.7 cm³/mol. The molecule has 2 heterocycles. The minimum Gasteiger partial charge on any atom is -0.490 e. The highest BCUT2D eigenvalue weighted by molar-refractivity contribution is 5.61. The van der Waals surface area contributed by atoms with Crippen LogP contribution in [0.15, 0.2) is 6.33 Å². The van der Waals surface area contributed by atoms with Crippen LogP contribution in [0.25, 0.3) is 0 Å². The lowest BCUT2D eigenvalue weighted by atomic mass is 10.4. The van der Waals surface area contributed by atoms with Crippen molar-refractivity contribution < 1.29 is 9.47 Å². The molecule has 0 radical (unpaired) electrons. The Morgan fingerprint density at radius 2 is 2.22 bits per heavy atom. The highest BCUT2D eigenvalue weighted by atomic mass is 16.5. The Morgan fingerprint density at radius 1 is 1.44 bits per heavy atom. The summed E-state index contributed by atoms with van der Waals surface area (Å²) in [5.41, 5.74) is 5.70. The molecule has 0 amide bonds. The number of rotatable bonds is 5. The van der Waals surface area contributed by atoms with E-state index in [0.29, 0.717) is 17.4 Å². The standard InChI is InChI=1S/C11H19N5O2/c1-17-9-10(12)14-8-15-11(9)13-2-3-16-4-6-18-7-5-16/h8H,2-7H2,1H3,(H3,12,13,14,15). The molecule has 18 heavy (non-hydrogen) atoms. The lowest BCUT2D eigenvalue weighted by molar-refractivity contribution is 0.0398. The third-order valence-electron chi connectivity index (χ3n) is 2.86. The molecule has 0 atom stereocenters. The lowest BCUT2D eigenvalue weighted by Crippen LogP contribution is -2.39. The predicted octanol–water partition coefficient (Wildman–Crippen LogP) is -0.188. The fourth-order valence-electron chi connectivity index (χ4n) is 1.87. The van der Waals surface area contributed by atoms with Gasteiger partial charge in [0.25, 0.3) is 0 Å². The van der Waals surface area contributed by atoms with Crippen molar-refractivity contribution in [3.05, 3.63) is 6.33 Å². The van der Waals surface area contributed by atoms with Crippen LogP contribution in [0.2, 0.25) is 0 Å². The summed E-state index contributed by atoms with van der Waals surface area (Å²) in [5.74, 6) is 1.49. The van der Waals surface area contributed by atoms with E-state index in [0.717, 1.165) is 39.4 Å². The van der Waals surface area contributed by atoms with Gasteiger partial charge in [-0.1, -0.05) is 0 Å². The summed E-state index contributed by atoms with van der Waals surface area (Å²) in [5, 5.41) is 3.21. The molecule has 0 bridgehead atoms. The van der Waals surface area contributed by atoms with E-state index < -0.39 is 0 Å². The van der Waals surface area contributed by atoms with Gasteiger partial charge in [0, 0.05) is 26.2 Å². The number of ether oxygens (including phenoxy) is 2. The van der Waals surface area contributed by atoms with E-state index in [4.69, 9.17) is 15.2 Å². The lowest BCUT2D eigenvalue weighted by Gasteiger charge is -2.26. The molecule has 1 saturated heterocycles. The van der Waals surface area contributed by atoms with Gasteiger partial charge < -0.3 is 20.5 Å². The van der Waals surface area contributed by atoms with Gasteiger partial charge in [0.1, 0.15) is 6.33 Å². The molecule has 1 aliphatic heterocycles. The summed E-state index contributed by atoms with van der Waals surface area (Å²) in [6.07, 6.45) is 1.43. The van der Waals surface area contributed by atoms with Gasteiger partial charge in [-0.3, -0.25) is 4.90 Å². The molecule has 0 aromatic carbocycles. The first-order valence-corrected chi connectivity index (χ1v) is 5.99. The average molecular weight is 253 g/mol. The Bertz CT molecular complexity index is 382. The second-order valence-corrected chi connectivity index (χ2v) is 4.02. The van der Waals surface area contributed by atoms with E-state index in [-0.39, 0.29) is 0 Å². The normalized spacial score (nSPS) is 16.5. The van der Waals surface area contributed by atoms with E-state index in [1.807, 2.05) is 0 Å². The van der Waals surface area contributed by atoms with Crippen molar-refractivity contribution in [2.75, 3.05) is 57.6 Å². The number of methoxy groups -OCH3 is 1. The molecular weight excluding hydrogens is 234 g/mol. The largest absolute Gasteiger partial charge is 0.490 e. The molecule has 0 saturated carbocycles. The number of hydrogen-bond donors (Lipinski definition) is 2. The Balaban J connectivity index is 1.84. The minimum atomic E-state index is 0.348. The molecule has 7 heteroatoms. The van der Waals surface area contributed by atoms with Gasteiger partial charge in [-0.2, -0.15) is 0 Å². The van der Waals surface area contributed by atoms with Gasteiger partial charge in [-0.05, 0) is 0 Å². The highest BCUT2D eigenvalue weighted by Gasteiger charge is 2.11. The number of morpholine rings is 1. The van der Waals surface area contributed by atoms with Crippen LogP contribution in [-0.2, 0) is 4.74 Å². The summed E-state index contributed by atoms with van der Waals surface area (Å²) >= 11 is 0. The second kappa shape index (κ2) is 6.36. The van der Waals surface area contributed by atoms with Gasteiger partial charge in [-0.15, -0.1) is 0 Å². The fourth-order valence-corrected chi connectivity index (χ4v) is 1.87. The Morgan fingerprint density at radius 3 is 2.94 bits per heavy atom. The first kappa shape index (κ1) is 12.8. The molecule has 100 valence electrons. The third kappa shape index (κ3) is 3.21. The van der Waals surface area contributed by atoms with Crippen molar-refractivity contribution >= 4 is 11.6 Å². The molecule has 3 N–H and O–H groups in total. The van der Waals surface area contributed by atoms with Crippen LogP contribution in [0.3, 0.4) is 0 Å². The summed E-state index contributed by atoms with van der Waals surface area (Å²) in [6, 6.07) is 0. The maximum Gasteiger partial charge on any atom is 0.203 e. The van der Waals surface area contributed by atoms with Crippen molar-refractivity contribution in [1.29, 1.82) is 0 Å². The summed E-state index contributed by atoms with van der Waals surface area (Å²) in [4.78, 5) is 10.3. The monoisotopic (exact) mass is 253 g/mol. The molecule has 0 spiro atoms. The molecular formula is C11H19N5O2. The zero-order chi connectivity index (χ0) is 12.8. The third-order valence-corrected chi connectivity index (χ3v) is 2.86. The minimum absolute atomic E-state index is 0.348. The van der Waals surface area contributed by atoms with Crippen LogP contribution >= 0.6 is 0 Å². The van der Waals surface area contributed by atoms with Crippen molar-refractivity contribution in [3.63, 3.8) is 0 Å². The van der Waals surface area contributed by atoms with Crippen LogP contribution in [-0.4, -0.2) is 61.4 Å². The van der Waals surface area contributed by atoms with Gasteiger partial charge >= 0.3 is 0 Å². The molecule has 2 rings (SSSR count). The Labute approximate surface area is 106 Å². The smallest absolute Gasteiger partial charge is 0.203 e. The van der Waals surface area contributed by atoms with Crippen molar-refractivity contribution in [1.82, 2.24) is 14.9 Å². The number of nitrogens with zero attached hydrogens (tertiary/aromatic N) is 3. The maximum atomic E-state index is 5.70. The quantitative estimate of drug-likeness (QED) is 0.752. The topological polar surface area (TPSA) is 85.5 Å². The number of nitrogens with one attached hydrogen (secondary N) is 1. The van der Waals surface area contributed by atoms with E-state index >= 15 is 0 Å². The van der Waals surface area contributed by atoms with E-state index in [1.54, 1.807) is 7.11 Å². The number of nitrogen functional groups attached to an aromatic ring is 1. The fraction of sp³-hybridized carbons (Fsp3) is 0.636. The van der Waals surface area contributed by atoms with Crippen LogP contribution < -0.4 is 15.8 Å². The SMILES string of the molecule is COc1c(N)ncnc1NCCN1CCOCC1. The van der Waals surface area contributed by atoms with Gasteiger partial charge in [0.2, 0.25) is 5.75 Å². The van der Waals surface area contributed by atoms with Gasteiger partial charge in [0.15, 0.2) is 11.6 Å². The van der Waals surface area contributed by atoms with E-state index in [1.165, 1.54) is 6.33 Å². The van der Waals surface area contributed by atoms with Crippen molar-refractivity contribution in [2.45, 2.75) is 0 Å². The van der Waals surface area contributed by atoms with Gasteiger partial charge in [-0.25, -0.2) is 9.97 Å². The molecule has 1 aromatic heterocycles. The number of aromatic nitrogens is 2. The molecule has 0 aliphatic carbocycles. The highest BCUT2D eigenvalue weighted by Crippen LogP contribution is 2.25. The molecule has 7 nitrogen and oxygen atoms in total. The van der Waals surface area contributed by atoms with E-state index in [2.05, 4.69) is 20.2 Å². The first-order valence-electron chi connectivity index (χ1n) is 5.99. The zero-order valence-electron chi connectivity index (χ0n) is 10.6. The molecule has 1 fully saturated rings. The Kier molecular flexibility index (Phi) is 4.54. The zero-order valence-corrected chi connectivity index (χ0v) is 10.6. The maximum absolute atomic E-state index is 5.70. The molecule has 0 unspecified atom stereocenters. The van der Waals surface area contributed by atoms with Crippen LogP contribution in [0.4, 0.5) is 11.6 Å². The summed E-state index contributed by atoms with van der Waals surface area (Å²) < 4.78 is 10.5. The Hall–Kier alpha value is -1.60.